The third-order valence-electron chi connectivity index (χ3n) is 6.03. The van der Waals surface area contributed by atoms with Crippen LogP contribution in [-0.2, 0) is 24.2 Å². The predicted octanol–water partition coefficient (Wildman–Crippen LogP) is 3.95. The average Bonchev–Trinajstić information content (AvgIpc) is 3.03. The molecule has 0 spiro atoms. The molecule has 3 heterocycles. The fraction of sp³-hybridized carbons (Fsp3) is 0.667. The Morgan fingerprint density at radius 3 is 2.86 bits per heavy atom. The lowest BCUT2D eigenvalue weighted by molar-refractivity contribution is -0.130. The summed E-state index contributed by atoms with van der Waals surface area (Å²) in [6, 6.07) is 0. The van der Waals surface area contributed by atoms with Gasteiger partial charge in [0.05, 0.1) is 11.1 Å². The summed E-state index contributed by atoms with van der Waals surface area (Å²) in [4.78, 5) is 34.9. The number of aryl methyl sites for hydroxylation is 1. The van der Waals surface area contributed by atoms with Crippen molar-refractivity contribution in [3.63, 3.8) is 0 Å². The van der Waals surface area contributed by atoms with Gasteiger partial charge < -0.3 is 4.90 Å². The van der Waals surface area contributed by atoms with Gasteiger partial charge in [0, 0.05) is 24.5 Å². The molecule has 4 rings (SSSR count). The largest absolute Gasteiger partial charge is 0.342 e. The Labute approximate surface area is 174 Å². The molecule has 5 nitrogen and oxygen atoms in total. The van der Waals surface area contributed by atoms with E-state index >= 15 is 0 Å². The summed E-state index contributed by atoms with van der Waals surface area (Å²) in [5, 5.41) is 1.51. The van der Waals surface area contributed by atoms with Gasteiger partial charge in [-0.3, -0.25) is 14.2 Å². The summed E-state index contributed by atoms with van der Waals surface area (Å²) in [6.07, 6.45) is 5.46. The number of aromatic nitrogens is 2. The number of thioether (sulfide) groups is 1. The van der Waals surface area contributed by atoms with Crippen LogP contribution in [0.4, 0.5) is 0 Å². The molecule has 7 heteroatoms. The molecule has 2 aliphatic rings. The van der Waals surface area contributed by atoms with Crippen LogP contribution >= 0.6 is 23.1 Å². The molecule has 0 aromatic carbocycles. The number of rotatable bonds is 4. The highest BCUT2D eigenvalue weighted by Crippen LogP contribution is 2.36. The molecule has 1 aliphatic heterocycles. The van der Waals surface area contributed by atoms with Crippen molar-refractivity contribution in [2.45, 2.75) is 64.6 Å². The van der Waals surface area contributed by atoms with E-state index in [9.17, 15) is 9.59 Å². The molecular formula is C21H29N3O2S2. The molecular weight excluding hydrogens is 390 g/mol. The van der Waals surface area contributed by atoms with E-state index in [4.69, 9.17) is 4.98 Å². The number of nitrogens with zero attached hydrogens (tertiary/aromatic N) is 3. The van der Waals surface area contributed by atoms with E-state index in [0.717, 1.165) is 49.0 Å². The van der Waals surface area contributed by atoms with Crippen LogP contribution in [0.3, 0.4) is 0 Å². The van der Waals surface area contributed by atoms with E-state index in [1.807, 2.05) is 11.8 Å². The van der Waals surface area contributed by atoms with E-state index in [0.29, 0.717) is 29.3 Å². The summed E-state index contributed by atoms with van der Waals surface area (Å²) in [5.41, 5.74) is 1.30. The van der Waals surface area contributed by atoms with Crippen molar-refractivity contribution in [3.05, 3.63) is 20.8 Å². The average molecular weight is 420 g/mol. The molecule has 2 atom stereocenters. The van der Waals surface area contributed by atoms with Gasteiger partial charge in [0.1, 0.15) is 4.83 Å². The Balaban J connectivity index is 1.60. The number of hydrogen-bond donors (Lipinski definition) is 0. The van der Waals surface area contributed by atoms with E-state index in [2.05, 4.69) is 13.8 Å². The number of thiophene rings is 1. The zero-order valence-electron chi connectivity index (χ0n) is 17.0. The Kier molecular flexibility index (Phi) is 5.83. The first kappa shape index (κ1) is 20.0. The third kappa shape index (κ3) is 3.75. The summed E-state index contributed by atoms with van der Waals surface area (Å²) >= 11 is 3.10. The molecule has 1 aliphatic carbocycles. The number of hydrogen-bond acceptors (Lipinski definition) is 5. The zero-order valence-corrected chi connectivity index (χ0v) is 18.6. The summed E-state index contributed by atoms with van der Waals surface area (Å²) < 4.78 is 1.75. The van der Waals surface area contributed by atoms with Gasteiger partial charge in [-0.15, -0.1) is 11.3 Å². The first-order valence-corrected chi connectivity index (χ1v) is 12.2. The highest BCUT2D eigenvalue weighted by molar-refractivity contribution is 7.99. The number of carbonyl (C=O) groups excluding carboxylic acids is 1. The van der Waals surface area contributed by atoms with Crippen LogP contribution in [0, 0.1) is 11.8 Å². The summed E-state index contributed by atoms with van der Waals surface area (Å²) in [7, 11) is 0. The van der Waals surface area contributed by atoms with Gasteiger partial charge in [-0.1, -0.05) is 25.6 Å². The molecule has 1 amide bonds. The normalized spacial score (nSPS) is 22.5. The number of carbonyl (C=O) groups is 1. The summed E-state index contributed by atoms with van der Waals surface area (Å²) in [6.45, 7) is 8.75. The van der Waals surface area contributed by atoms with Crippen molar-refractivity contribution in [1.82, 2.24) is 14.5 Å². The van der Waals surface area contributed by atoms with Crippen LogP contribution in [0.25, 0.3) is 10.2 Å². The van der Waals surface area contributed by atoms with Crippen molar-refractivity contribution < 1.29 is 4.79 Å². The fourth-order valence-corrected chi connectivity index (χ4v) is 6.82. The molecule has 1 saturated heterocycles. The Morgan fingerprint density at radius 1 is 1.29 bits per heavy atom. The number of likely N-dealkylation sites (tertiary alicyclic amines) is 1. The van der Waals surface area contributed by atoms with Gasteiger partial charge in [0.25, 0.3) is 5.56 Å². The van der Waals surface area contributed by atoms with Gasteiger partial charge in [0.2, 0.25) is 5.91 Å². The molecule has 2 aromatic heterocycles. The van der Waals surface area contributed by atoms with Crippen molar-refractivity contribution >= 4 is 39.2 Å². The molecule has 28 heavy (non-hydrogen) atoms. The van der Waals surface area contributed by atoms with Crippen LogP contribution in [0.2, 0.25) is 0 Å². The van der Waals surface area contributed by atoms with Crippen LogP contribution in [0.15, 0.2) is 9.95 Å². The minimum atomic E-state index is 0.0705. The quantitative estimate of drug-likeness (QED) is 0.556. The Morgan fingerprint density at radius 2 is 2.11 bits per heavy atom. The lowest BCUT2D eigenvalue weighted by Gasteiger charge is -2.30. The SMILES string of the molecule is CCn1c(SCC(=O)N2CCC[C@@H](C)C2)nc2sc3c(c2c1=O)CC[C@H](C)C3. The topological polar surface area (TPSA) is 55.2 Å². The van der Waals surface area contributed by atoms with Gasteiger partial charge in [-0.25, -0.2) is 4.98 Å². The third-order valence-corrected chi connectivity index (χ3v) is 8.14. The fourth-order valence-electron chi connectivity index (χ4n) is 4.43. The standard InChI is InChI=1S/C21H29N3O2S2/c1-4-24-20(26)18-15-8-7-13(2)10-16(15)28-19(18)22-21(24)27-12-17(25)23-9-5-6-14(3)11-23/h13-14H,4-12H2,1-3H3/t13-,14+/m0/s1. The van der Waals surface area contributed by atoms with Gasteiger partial charge in [-0.2, -0.15) is 0 Å². The van der Waals surface area contributed by atoms with Crippen LogP contribution in [0.1, 0.15) is 50.5 Å². The first-order valence-electron chi connectivity index (χ1n) is 10.4. The molecule has 152 valence electrons. The maximum Gasteiger partial charge on any atom is 0.263 e. The maximum absolute atomic E-state index is 13.2. The van der Waals surface area contributed by atoms with Gasteiger partial charge >= 0.3 is 0 Å². The number of piperidine rings is 1. The van der Waals surface area contributed by atoms with Crippen molar-refractivity contribution in [1.29, 1.82) is 0 Å². The van der Waals surface area contributed by atoms with Gasteiger partial charge in [0.15, 0.2) is 5.16 Å². The predicted molar refractivity (Wildman–Crippen MR) is 116 cm³/mol. The van der Waals surface area contributed by atoms with Crippen LogP contribution in [-0.4, -0.2) is 39.2 Å². The molecule has 1 fully saturated rings. The highest BCUT2D eigenvalue weighted by atomic mass is 32.2. The van der Waals surface area contributed by atoms with Crippen molar-refractivity contribution in [3.8, 4) is 0 Å². The second-order valence-electron chi connectivity index (χ2n) is 8.35. The number of fused-ring (bicyclic) bond motifs is 3. The lowest BCUT2D eigenvalue weighted by Crippen LogP contribution is -2.40. The summed E-state index contributed by atoms with van der Waals surface area (Å²) in [5.74, 6) is 1.76. The van der Waals surface area contributed by atoms with E-state index in [1.54, 1.807) is 15.9 Å². The molecule has 0 saturated carbocycles. The highest BCUT2D eigenvalue weighted by Gasteiger charge is 2.25. The zero-order chi connectivity index (χ0) is 19.8. The smallest absolute Gasteiger partial charge is 0.263 e. The lowest BCUT2D eigenvalue weighted by atomic mass is 9.89. The van der Waals surface area contributed by atoms with Crippen LogP contribution in [0.5, 0.6) is 0 Å². The van der Waals surface area contributed by atoms with Crippen molar-refractivity contribution in [2.75, 3.05) is 18.8 Å². The minimum absolute atomic E-state index is 0.0705. The molecule has 0 radical (unpaired) electrons. The van der Waals surface area contributed by atoms with E-state index in [1.165, 1.54) is 28.6 Å². The second-order valence-corrected chi connectivity index (χ2v) is 10.4. The first-order chi connectivity index (χ1) is 13.5. The molecule has 2 aromatic rings. The van der Waals surface area contributed by atoms with Gasteiger partial charge in [-0.05, 0) is 56.4 Å². The Bertz CT molecular complexity index is 949. The maximum atomic E-state index is 13.2. The van der Waals surface area contributed by atoms with Crippen molar-refractivity contribution in [2.24, 2.45) is 11.8 Å². The number of amides is 1. The second kappa shape index (κ2) is 8.19. The van der Waals surface area contributed by atoms with E-state index in [-0.39, 0.29) is 11.5 Å². The Hall–Kier alpha value is -1.34. The van der Waals surface area contributed by atoms with Crippen LogP contribution < -0.4 is 5.56 Å². The monoisotopic (exact) mass is 419 g/mol. The van der Waals surface area contributed by atoms with E-state index < -0.39 is 0 Å². The molecule has 0 N–H and O–H groups in total. The minimum Gasteiger partial charge on any atom is -0.342 e. The molecule has 0 bridgehead atoms. The molecule has 0 unspecified atom stereocenters.